The van der Waals surface area contributed by atoms with Gasteiger partial charge in [0.1, 0.15) is 0 Å². The number of pyridine rings is 1. The van der Waals surface area contributed by atoms with Crippen molar-refractivity contribution in [3.63, 3.8) is 0 Å². The first-order valence-corrected chi connectivity index (χ1v) is 3.16. The van der Waals surface area contributed by atoms with Crippen LogP contribution in [0.15, 0.2) is 42.9 Å². The van der Waals surface area contributed by atoms with Gasteiger partial charge in [-0.15, -0.1) is 5.73 Å². The van der Waals surface area contributed by atoms with Crippen molar-refractivity contribution < 1.29 is 0 Å². The maximum absolute atomic E-state index is 3.90. The first-order chi connectivity index (χ1) is 4.93. The fourth-order valence-corrected chi connectivity index (χ4v) is 0.709. The van der Waals surface area contributed by atoms with Crippen LogP contribution in [0.25, 0.3) is 0 Å². The number of hydrogen-bond donors (Lipinski definition) is 0. The fourth-order valence-electron chi connectivity index (χ4n) is 0.709. The molecule has 0 fully saturated rings. The molecule has 0 atom stereocenters. The normalized spacial score (nSPS) is 8.40. The Hall–Kier alpha value is -1.33. The highest BCUT2D eigenvalue weighted by atomic mass is 14.6. The molecule has 1 aromatic rings. The molecule has 0 saturated heterocycles. The Bertz CT molecular complexity index is 232. The maximum atomic E-state index is 3.90. The highest BCUT2D eigenvalue weighted by Gasteiger charge is 1.83. The maximum Gasteiger partial charge on any atom is 0.0270 e. The first-order valence-electron chi connectivity index (χ1n) is 3.16. The summed E-state index contributed by atoms with van der Waals surface area (Å²) in [5, 5.41) is 0. The van der Waals surface area contributed by atoms with Gasteiger partial charge in [-0.25, -0.2) is 0 Å². The smallest absolute Gasteiger partial charge is 0.0270 e. The van der Waals surface area contributed by atoms with E-state index in [4.69, 9.17) is 0 Å². The number of aromatic nitrogens is 1. The second-order valence-electron chi connectivity index (χ2n) is 1.97. The molecule has 1 nitrogen and oxygen atoms in total. The molecule has 1 heteroatoms. The lowest BCUT2D eigenvalue weighted by Crippen LogP contribution is -1.78. The van der Waals surface area contributed by atoms with Crippen molar-refractivity contribution in [2.75, 3.05) is 0 Å². The largest absolute Gasteiger partial charge is 0.265 e. The Morgan fingerprint density at radius 3 is 2.80 bits per heavy atom. The third kappa shape index (κ3) is 1.88. The van der Waals surface area contributed by atoms with Crippen molar-refractivity contribution in [3.05, 3.63) is 48.5 Å². The molecule has 1 heterocycles. The minimum Gasteiger partial charge on any atom is -0.265 e. The van der Waals surface area contributed by atoms with E-state index in [2.05, 4.69) is 17.3 Å². The molecule has 0 bridgehead atoms. The summed E-state index contributed by atoms with van der Waals surface area (Å²) in [6.07, 6.45) is 6.36. The summed E-state index contributed by atoms with van der Waals surface area (Å²) >= 11 is 0. The van der Waals surface area contributed by atoms with Gasteiger partial charge in [-0.3, -0.25) is 4.98 Å². The zero-order valence-corrected chi connectivity index (χ0v) is 5.75. The fraction of sp³-hybridized carbons (Fsp3) is 0.111. The monoisotopic (exact) mass is 131 g/mol. The van der Waals surface area contributed by atoms with Gasteiger partial charge in [0.2, 0.25) is 0 Å². The summed E-state index contributed by atoms with van der Waals surface area (Å²) in [7, 11) is 0. The summed E-state index contributed by atoms with van der Waals surface area (Å²) in [4.78, 5) is 3.90. The van der Waals surface area contributed by atoms with Crippen molar-refractivity contribution in [2.45, 2.75) is 6.42 Å². The van der Waals surface area contributed by atoms with Gasteiger partial charge < -0.3 is 0 Å². The summed E-state index contributed by atoms with van der Waals surface area (Å²) in [6.45, 7) is 3.48. The van der Waals surface area contributed by atoms with Crippen LogP contribution in [0.3, 0.4) is 0 Å². The van der Waals surface area contributed by atoms with Crippen molar-refractivity contribution in [3.8, 4) is 0 Å². The van der Waals surface area contributed by atoms with Crippen molar-refractivity contribution >= 4 is 0 Å². The Kier molecular flexibility index (Phi) is 2.48. The van der Waals surface area contributed by atoms with E-state index in [0.29, 0.717) is 0 Å². The van der Waals surface area contributed by atoms with E-state index in [0.717, 1.165) is 6.42 Å². The molecule has 0 saturated carbocycles. The quantitative estimate of drug-likeness (QED) is 0.559. The van der Waals surface area contributed by atoms with Crippen molar-refractivity contribution in [2.24, 2.45) is 0 Å². The van der Waals surface area contributed by atoms with Crippen LogP contribution in [-0.2, 0) is 6.42 Å². The summed E-state index contributed by atoms with van der Waals surface area (Å²) in [6, 6.07) is 3.96. The van der Waals surface area contributed by atoms with E-state index in [9.17, 15) is 0 Å². The van der Waals surface area contributed by atoms with Crippen LogP contribution in [0, 0.1) is 0 Å². The van der Waals surface area contributed by atoms with Crippen LogP contribution in [-0.4, -0.2) is 4.98 Å². The van der Waals surface area contributed by atoms with Crippen LogP contribution in [0.2, 0.25) is 0 Å². The second kappa shape index (κ2) is 3.65. The Morgan fingerprint density at radius 1 is 1.50 bits per heavy atom. The molecule has 1 rings (SSSR count). The van der Waals surface area contributed by atoms with Gasteiger partial charge >= 0.3 is 0 Å². The number of allylic oxidation sites excluding steroid dienone is 1. The SMILES string of the molecule is C=C=CCc1ccncc1. The third-order valence-electron chi connectivity index (χ3n) is 1.23. The molecule has 0 amide bonds. The average molecular weight is 131 g/mol. The van der Waals surface area contributed by atoms with Gasteiger partial charge in [0, 0.05) is 12.4 Å². The zero-order chi connectivity index (χ0) is 7.23. The van der Waals surface area contributed by atoms with Gasteiger partial charge in [-0.1, -0.05) is 6.58 Å². The van der Waals surface area contributed by atoms with Gasteiger partial charge in [-0.05, 0) is 30.2 Å². The summed E-state index contributed by atoms with van der Waals surface area (Å²) < 4.78 is 0. The van der Waals surface area contributed by atoms with Gasteiger partial charge in [0.25, 0.3) is 0 Å². The van der Waals surface area contributed by atoms with Crippen LogP contribution >= 0.6 is 0 Å². The van der Waals surface area contributed by atoms with E-state index in [1.807, 2.05) is 18.2 Å². The second-order valence-corrected chi connectivity index (χ2v) is 1.97. The zero-order valence-electron chi connectivity index (χ0n) is 5.75. The number of hydrogen-bond acceptors (Lipinski definition) is 1. The molecule has 0 spiro atoms. The standard InChI is InChI=1S/C9H9N/c1-2-3-4-9-5-7-10-8-6-9/h3,5-8H,1,4H2. The van der Waals surface area contributed by atoms with Gasteiger partial charge in [-0.2, -0.15) is 0 Å². The van der Waals surface area contributed by atoms with Crippen molar-refractivity contribution in [1.29, 1.82) is 0 Å². The molecule has 1 aromatic heterocycles. The van der Waals surface area contributed by atoms with Gasteiger partial charge in [0.05, 0.1) is 0 Å². The molecule has 0 unspecified atom stereocenters. The molecule has 0 aliphatic carbocycles. The van der Waals surface area contributed by atoms with E-state index < -0.39 is 0 Å². The molecule has 50 valence electrons. The molecular weight excluding hydrogens is 122 g/mol. The topological polar surface area (TPSA) is 12.9 Å². The first kappa shape index (κ1) is 6.79. The summed E-state index contributed by atoms with van der Waals surface area (Å²) in [5.74, 6) is 0. The van der Waals surface area contributed by atoms with E-state index in [1.165, 1.54) is 5.56 Å². The molecule has 0 N–H and O–H groups in total. The van der Waals surface area contributed by atoms with E-state index in [-0.39, 0.29) is 0 Å². The Morgan fingerprint density at radius 2 is 2.20 bits per heavy atom. The summed E-state index contributed by atoms with van der Waals surface area (Å²) in [5.41, 5.74) is 3.96. The Labute approximate surface area is 60.7 Å². The molecule has 10 heavy (non-hydrogen) atoms. The number of rotatable bonds is 2. The minimum atomic E-state index is 0.895. The molecule has 0 aliphatic heterocycles. The van der Waals surface area contributed by atoms with Crippen LogP contribution < -0.4 is 0 Å². The van der Waals surface area contributed by atoms with E-state index >= 15 is 0 Å². The third-order valence-corrected chi connectivity index (χ3v) is 1.23. The van der Waals surface area contributed by atoms with E-state index in [1.54, 1.807) is 12.4 Å². The average Bonchev–Trinajstić information content (AvgIpc) is 2.03. The molecular formula is C9H9N. The van der Waals surface area contributed by atoms with Crippen LogP contribution in [0.1, 0.15) is 5.56 Å². The molecule has 0 radical (unpaired) electrons. The minimum absolute atomic E-state index is 0.895. The lowest BCUT2D eigenvalue weighted by molar-refractivity contribution is 1.21. The Balaban J connectivity index is 2.67. The van der Waals surface area contributed by atoms with Crippen LogP contribution in [0.5, 0.6) is 0 Å². The molecule has 0 aliphatic rings. The van der Waals surface area contributed by atoms with Crippen molar-refractivity contribution in [1.82, 2.24) is 4.98 Å². The van der Waals surface area contributed by atoms with Gasteiger partial charge in [0.15, 0.2) is 0 Å². The lowest BCUT2D eigenvalue weighted by Gasteiger charge is -1.90. The highest BCUT2D eigenvalue weighted by molar-refractivity contribution is 5.12. The molecule has 0 aromatic carbocycles. The number of nitrogens with zero attached hydrogens (tertiary/aromatic N) is 1. The van der Waals surface area contributed by atoms with Crippen LogP contribution in [0.4, 0.5) is 0 Å². The lowest BCUT2D eigenvalue weighted by atomic mass is 10.2. The predicted octanol–water partition coefficient (Wildman–Crippen LogP) is 1.97. The predicted molar refractivity (Wildman–Crippen MR) is 41.7 cm³/mol. The highest BCUT2D eigenvalue weighted by Crippen LogP contribution is 1.96.